The van der Waals surface area contributed by atoms with E-state index in [1.807, 2.05) is 18.7 Å². The van der Waals surface area contributed by atoms with Gasteiger partial charge >= 0.3 is 0 Å². The van der Waals surface area contributed by atoms with E-state index in [0.717, 1.165) is 12.5 Å². The molecule has 0 bridgehead atoms. The summed E-state index contributed by atoms with van der Waals surface area (Å²) < 4.78 is 2.17. The van der Waals surface area contributed by atoms with Crippen LogP contribution >= 0.6 is 0 Å². The third kappa shape index (κ3) is 1.16. The summed E-state index contributed by atoms with van der Waals surface area (Å²) in [4.78, 5) is 4.01. The van der Waals surface area contributed by atoms with E-state index in [2.05, 4.69) is 9.55 Å². The number of hydrogen-bond donors (Lipinski definition) is 1. The van der Waals surface area contributed by atoms with Crippen LogP contribution in [0.25, 0.3) is 0 Å². The van der Waals surface area contributed by atoms with Gasteiger partial charge in [0.25, 0.3) is 0 Å². The Balaban J connectivity index is 1.92. The van der Waals surface area contributed by atoms with E-state index >= 15 is 0 Å². The average Bonchev–Trinajstić information content (AvgIpc) is 2.37. The summed E-state index contributed by atoms with van der Waals surface area (Å²) in [6.45, 7) is 0.838. The van der Waals surface area contributed by atoms with Crippen molar-refractivity contribution in [2.75, 3.05) is 6.54 Å². The first kappa shape index (κ1) is 6.85. The highest BCUT2D eigenvalue weighted by molar-refractivity contribution is 4.89. The molecule has 0 spiro atoms. The Labute approximate surface area is 66.2 Å². The van der Waals surface area contributed by atoms with Crippen LogP contribution in [0.4, 0.5) is 0 Å². The number of rotatable bonds is 2. The van der Waals surface area contributed by atoms with Gasteiger partial charge in [0.1, 0.15) is 0 Å². The van der Waals surface area contributed by atoms with E-state index in [-0.39, 0.29) is 0 Å². The summed E-state index contributed by atoms with van der Waals surface area (Å²) in [5.41, 5.74) is 5.52. The normalized spacial score (nSPS) is 29.9. The van der Waals surface area contributed by atoms with Gasteiger partial charge in [-0.2, -0.15) is 0 Å². The zero-order chi connectivity index (χ0) is 7.68. The van der Waals surface area contributed by atoms with Gasteiger partial charge in [-0.15, -0.1) is 0 Å². The Morgan fingerprint density at radius 1 is 1.55 bits per heavy atom. The predicted octanol–water partition coefficient (Wildman–Crippen LogP) is 0.793. The Kier molecular flexibility index (Phi) is 1.66. The summed E-state index contributed by atoms with van der Waals surface area (Å²) in [5, 5.41) is 0. The molecule has 0 unspecified atom stereocenters. The summed E-state index contributed by atoms with van der Waals surface area (Å²) in [7, 11) is 0. The van der Waals surface area contributed by atoms with Crippen LogP contribution in [0.15, 0.2) is 18.7 Å². The number of nitrogens with two attached hydrogens (primary N) is 1. The molecule has 0 radical (unpaired) electrons. The first-order valence-corrected chi connectivity index (χ1v) is 4.07. The van der Waals surface area contributed by atoms with Crippen molar-refractivity contribution < 1.29 is 0 Å². The van der Waals surface area contributed by atoms with Crippen LogP contribution in [0.1, 0.15) is 18.9 Å². The zero-order valence-corrected chi connectivity index (χ0v) is 6.48. The van der Waals surface area contributed by atoms with Gasteiger partial charge < -0.3 is 10.3 Å². The fourth-order valence-electron chi connectivity index (χ4n) is 1.62. The van der Waals surface area contributed by atoms with E-state index in [4.69, 9.17) is 5.73 Å². The molecule has 1 fully saturated rings. The van der Waals surface area contributed by atoms with Crippen LogP contribution in [0.5, 0.6) is 0 Å². The average molecular weight is 151 g/mol. The zero-order valence-electron chi connectivity index (χ0n) is 6.48. The van der Waals surface area contributed by atoms with Crippen LogP contribution in [-0.4, -0.2) is 16.1 Å². The maximum Gasteiger partial charge on any atom is 0.0948 e. The maximum absolute atomic E-state index is 5.52. The molecule has 1 aromatic rings. The van der Waals surface area contributed by atoms with Gasteiger partial charge in [-0.1, -0.05) is 0 Å². The van der Waals surface area contributed by atoms with Gasteiger partial charge in [-0.25, -0.2) is 4.98 Å². The van der Waals surface area contributed by atoms with Crippen molar-refractivity contribution in [3.8, 4) is 0 Å². The minimum absolute atomic E-state index is 0.672. The highest BCUT2D eigenvalue weighted by Crippen LogP contribution is 2.36. The van der Waals surface area contributed by atoms with Gasteiger partial charge in [-0.3, -0.25) is 0 Å². The largest absolute Gasteiger partial charge is 0.334 e. The minimum Gasteiger partial charge on any atom is -0.334 e. The number of hydrogen-bond acceptors (Lipinski definition) is 2. The smallest absolute Gasteiger partial charge is 0.0948 e. The molecule has 2 N–H and O–H groups in total. The first-order valence-electron chi connectivity index (χ1n) is 4.07. The molecule has 0 amide bonds. The van der Waals surface area contributed by atoms with Crippen molar-refractivity contribution in [1.82, 2.24) is 9.55 Å². The van der Waals surface area contributed by atoms with Crippen LogP contribution < -0.4 is 5.73 Å². The third-order valence-electron chi connectivity index (χ3n) is 2.49. The van der Waals surface area contributed by atoms with Gasteiger partial charge in [0, 0.05) is 18.4 Å². The van der Waals surface area contributed by atoms with Gasteiger partial charge in [-0.05, 0) is 25.3 Å². The summed E-state index contributed by atoms with van der Waals surface area (Å²) >= 11 is 0. The molecule has 0 aliphatic heterocycles. The molecule has 0 saturated heterocycles. The fourth-order valence-corrected chi connectivity index (χ4v) is 1.62. The standard InChI is InChI=1S/C8H13N3/c9-5-7-3-8(4-7)11-2-1-10-6-11/h1-2,6-8H,3-5,9H2. The van der Waals surface area contributed by atoms with E-state index < -0.39 is 0 Å². The quantitative estimate of drug-likeness (QED) is 0.679. The van der Waals surface area contributed by atoms with Crippen molar-refractivity contribution in [3.05, 3.63) is 18.7 Å². The lowest BCUT2D eigenvalue weighted by Crippen LogP contribution is -2.31. The summed E-state index contributed by atoms with van der Waals surface area (Å²) in [6, 6.07) is 0.672. The van der Waals surface area contributed by atoms with Crippen LogP contribution in [0.3, 0.4) is 0 Å². The molecular formula is C8H13N3. The van der Waals surface area contributed by atoms with Gasteiger partial charge in [0.05, 0.1) is 6.33 Å². The lowest BCUT2D eigenvalue weighted by molar-refractivity contribution is 0.204. The molecule has 1 heterocycles. The molecule has 60 valence electrons. The molecule has 1 aliphatic carbocycles. The molecule has 1 aromatic heterocycles. The monoisotopic (exact) mass is 151 g/mol. The summed E-state index contributed by atoms with van der Waals surface area (Å²) in [5.74, 6) is 0.752. The van der Waals surface area contributed by atoms with Crippen LogP contribution in [0, 0.1) is 5.92 Å². The molecule has 3 nitrogen and oxygen atoms in total. The number of aromatic nitrogens is 2. The van der Waals surface area contributed by atoms with E-state index in [0.29, 0.717) is 6.04 Å². The second-order valence-corrected chi connectivity index (χ2v) is 3.24. The van der Waals surface area contributed by atoms with Crippen LogP contribution in [-0.2, 0) is 0 Å². The molecule has 0 aromatic carbocycles. The fraction of sp³-hybridized carbons (Fsp3) is 0.625. The Hall–Kier alpha value is -0.830. The molecule has 1 saturated carbocycles. The Bertz CT molecular complexity index is 211. The highest BCUT2D eigenvalue weighted by Gasteiger charge is 2.28. The topological polar surface area (TPSA) is 43.8 Å². The van der Waals surface area contributed by atoms with Crippen molar-refractivity contribution in [2.45, 2.75) is 18.9 Å². The van der Waals surface area contributed by atoms with Crippen molar-refractivity contribution in [3.63, 3.8) is 0 Å². The Morgan fingerprint density at radius 2 is 2.36 bits per heavy atom. The Morgan fingerprint density at radius 3 is 2.91 bits per heavy atom. The highest BCUT2D eigenvalue weighted by atomic mass is 15.1. The van der Waals surface area contributed by atoms with E-state index in [1.165, 1.54) is 12.8 Å². The first-order chi connectivity index (χ1) is 5.40. The number of imidazole rings is 1. The van der Waals surface area contributed by atoms with Gasteiger partial charge in [0.2, 0.25) is 0 Å². The third-order valence-corrected chi connectivity index (χ3v) is 2.49. The lowest BCUT2D eigenvalue weighted by Gasteiger charge is -2.35. The van der Waals surface area contributed by atoms with Crippen molar-refractivity contribution in [1.29, 1.82) is 0 Å². The summed E-state index contributed by atoms with van der Waals surface area (Å²) in [6.07, 6.45) is 8.20. The molecule has 11 heavy (non-hydrogen) atoms. The molecular weight excluding hydrogens is 138 g/mol. The molecule has 3 heteroatoms. The predicted molar refractivity (Wildman–Crippen MR) is 43.0 cm³/mol. The van der Waals surface area contributed by atoms with E-state index in [9.17, 15) is 0 Å². The molecule has 1 aliphatic rings. The van der Waals surface area contributed by atoms with Crippen LogP contribution in [0.2, 0.25) is 0 Å². The SMILES string of the molecule is NCC1CC(n2ccnc2)C1. The second kappa shape index (κ2) is 2.66. The minimum atomic E-state index is 0.672. The van der Waals surface area contributed by atoms with Crippen molar-refractivity contribution >= 4 is 0 Å². The lowest BCUT2D eigenvalue weighted by atomic mass is 9.80. The number of nitrogens with zero attached hydrogens (tertiary/aromatic N) is 2. The van der Waals surface area contributed by atoms with Gasteiger partial charge in [0.15, 0.2) is 0 Å². The molecule has 0 atom stereocenters. The second-order valence-electron chi connectivity index (χ2n) is 3.24. The molecule has 2 rings (SSSR count). The van der Waals surface area contributed by atoms with Crippen molar-refractivity contribution in [2.24, 2.45) is 11.7 Å². The van der Waals surface area contributed by atoms with E-state index in [1.54, 1.807) is 0 Å². The maximum atomic E-state index is 5.52.